The van der Waals surface area contributed by atoms with E-state index in [9.17, 15) is 18.4 Å². The number of nitrogens with one attached hydrogen (secondary N) is 3. The Labute approximate surface area is 137 Å². The van der Waals surface area contributed by atoms with Crippen LogP contribution in [0.3, 0.4) is 0 Å². The molecule has 0 unspecified atom stereocenters. The van der Waals surface area contributed by atoms with Crippen molar-refractivity contribution in [3.05, 3.63) is 59.9 Å². The minimum atomic E-state index is -0.659. The van der Waals surface area contributed by atoms with Gasteiger partial charge in [0.05, 0.1) is 18.4 Å². The second-order valence-corrected chi connectivity index (χ2v) is 4.85. The Balaban J connectivity index is 1.69. The highest BCUT2D eigenvalue weighted by atomic mass is 19.1. The normalized spacial score (nSPS) is 10.1. The monoisotopic (exact) mass is 334 g/mol. The Hall–Kier alpha value is -3.03. The topological polar surface area (TPSA) is 83.1 Å². The van der Waals surface area contributed by atoms with E-state index in [1.54, 1.807) is 18.3 Å². The van der Waals surface area contributed by atoms with Crippen LogP contribution in [0.4, 0.5) is 19.3 Å². The molecule has 0 fully saturated rings. The third kappa shape index (κ3) is 5.31. The lowest BCUT2D eigenvalue weighted by atomic mass is 10.1. The number of aromatic nitrogens is 1. The number of carbonyl (C=O) groups is 2. The summed E-state index contributed by atoms with van der Waals surface area (Å²) in [6, 6.07) is 6.30. The second-order valence-electron chi connectivity index (χ2n) is 4.85. The summed E-state index contributed by atoms with van der Waals surface area (Å²) < 4.78 is 26.8. The molecule has 8 heteroatoms. The number of urea groups is 1. The number of pyridine rings is 1. The Bertz CT molecular complexity index is 690. The van der Waals surface area contributed by atoms with E-state index in [0.29, 0.717) is 5.69 Å². The number of rotatable bonds is 6. The lowest BCUT2D eigenvalue weighted by molar-refractivity contribution is -0.115. The highest BCUT2D eigenvalue weighted by Gasteiger charge is 2.09. The number of anilines is 1. The average Bonchev–Trinajstić information content (AvgIpc) is 2.56. The van der Waals surface area contributed by atoms with Gasteiger partial charge in [-0.15, -0.1) is 0 Å². The van der Waals surface area contributed by atoms with Crippen LogP contribution in [-0.2, 0) is 11.2 Å². The van der Waals surface area contributed by atoms with E-state index in [1.807, 2.05) is 0 Å². The molecular formula is C16H16F2N4O2. The van der Waals surface area contributed by atoms with Crippen LogP contribution < -0.4 is 16.0 Å². The molecule has 126 valence electrons. The Kier molecular flexibility index (Phi) is 6.18. The predicted molar refractivity (Wildman–Crippen MR) is 84.3 cm³/mol. The molecule has 0 spiro atoms. The first kappa shape index (κ1) is 17.3. The number of hydrogen-bond acceptors (Lipinski definition) is 3. The Morgan fingerprint density at radius 2 is 1.79 bits per heavy atom. The first-order chi connectivity index (χ1) is 11.6. The van der Waals surface area contributed by atoms with E-state index in [-0.39, 0.29) is 25.1 Å². The van der Waals surface area contributed by atoms with E-state index in [1.165, 1.54) is 12.3 Å². The van der Waals surface area contributed by atoms with E-state index >= 15 is 0 Å². The standard InChI is InChI=1S/C16H16F2N4O2/c17-13-4-1-5-14(18)12(13)6-8-20-16(24)21-10-15(23)22-11-3-2-7-19-9-11/h1-5,7,9H,6,8,10H2,(H,22,23)(H2,20,21,24). The first-order valence-corrected chi connectivity index (χ1v) is 7.20. The molecule has 0 bridgehead atoms. The van der Waals surface area contributed by atoms with Crippen LogP contribution in [-0.4, -0.2) is 30.0 Å². The second kappa shape index (κ2) is 8.56. The van der Waals surface area contributed by atoms with Crippen LogP contribution in [0.15, 0.2) is 42.7 Å². The summed E-state index contributed by atoms with van der Waals surface area (Å²) in [4.78, 5) is 27.0. The van der Waals surface area contributed by atoms with Crippen LogP contribution in [0.25, 0.3) is 0 Å². The molecule has 0 saturated heterocycles. The minimum Gasteiger partial charge on any atom is -0.338 e. The molecule has 1 aromatic carbocycles. The molecule has 2 aromatic rings. The predicted octanol–water partition coefficient (Wildman–Crippen LogP) is 1.84. The first-order valence-electron chi connectivity index (χ1n) is 7.20. The lowest BCUT2D eigenvalue weighted by Gasteiger charge is -2.09. The molecule has 3 amide bonds. The van der Waals surface area contributed by atoms with Gasteiger partial charge in [-0.2, -0.15) is 0 Å². The van der Waals surface area contributed by atoms with Crippen molar-refractivity contribution in [2.24, 2.45) is 0 Å². The number of halogens is 2. The summed E-state index contributed by atoms with van der Waals surface area (Å²) in [7, 11) is 0. The summed E-state index contributed by atoms with van der Waals surface area (Å²) in [5.74, 6) is -1.74. The maximum Gasteiger partial charge on any atom is 0.315 e. The van der Waals surface area contributed by atoms with Crippen LogP contribution in [0.1, 0.15) is 5.56 Å². The number of amides is 3. The van der Waals surface area contributed by atoms with Crippen molar-refractivity contribution in [3.8, 4) is 0 Å². The summed E-state index contributed by atoms with van der Waals surface area (Å²) in [5.41, 5.74) is 0.423. The lowest BCUT2D eigenvalue weighted by Crippen LogP contribution is -2.40. The molecule has 2 rings (SSSR count). The quantitative estimate of drug-likeness (QED) is 0.754. The van der Waals surface area contributed by atoms with Crippen LogP contribution >= 0.6 is 0 Å². The van der Waals surface area contributed by atoms with Crippen molar-refractivity contribution in [1.82, 2.24) is 15.6 Å². The van der Waals surface area contributed by atoms with Gasteiger partial charge in [-0.3, -0.25) is 9.78 Å². The molecule has 3 N–H and O–H groups in total. The van der Waals surface area contributed by atoms with Crippen molar-refractivity contribution in [3.63, 3.8) is 0 Å². The van der Waals surface area contributed by atoms with Crippen molar-refractivity contribution >= 4 is 17.6 Å². The van der Waals surface area contributed by atoms with Crippen LogP contribution in [0.2, 0.25) is 0 Å². The zero-order chi connectivity index (χ0) is 17.4. The largest absolute Gasteiger partial charge is 0.338 e. The van der Waals surface area contributed by atoms with Crippen LogP contribution in [0.5, 0.6) is 0 Å². The van der Waals surface area contributed by atoms with Crippen molar-refractivity contribution < 1.29 is 18.4 Å². The molecule has 0 radical (unpaired) electrons. The van der Waals surface area contributed by atoms with Gasteiger partial charge in [0, 0.05) is 18.3 Å². The van der Waals surface area contributed by atoms with E-state index in [2.05, 4.69) is 20.9 Å². The Morgan fingerprint density at radius 1 is 1.04 bits per heavy atom. The zero-order valence-corrected chi connectivity index (χ0v) is 12.7. The van der Waals surface area contributed by atoms with Gasteiger partial charge < -0.3 is 16.0 Å². The Morgan fingerprint density at radius 3 is 2.46 bits per heavy atom. The summed E-state index contributed by atoms with van der Waals surface area (Å²) >= 11 is 0. The molecule has 6 nitrogen and oxygen atoms in total. The minimum absolute atomic E-state index is 0.00775. The van der Waals surface area contributed by atoms with Gasteiger partial charge in [0.2, 0.25) is 5.91 Å². The molecule has 0 atom stereocenters. The van der Waals surface area contributed by atoms with Crippen molar-refractivity contribution in [2.45, 2.75) is 6.42 Å². The highest BCUT2D eigenvalue weighted by molar-refractivity contribution is 5.94. The zero-order valence-electron chi connectivity index (χ0n) is 12.7. The molecule has 0 aliphatic carbocycles. The molecule has 0 aliphatic heterocycles. The molecule has 0 aliphatic rings. The number of carbonyl (C=O) groups excluding carboxylic acids is 2. The van der Waals surface area contributed by atoms with E-state index in [4.69, 9.17) is 0 Å². The van der Waals surface area contributed by atoms with Crippen molar-refractivity contribution in [1.29, 1.82) is 0 Å². The van der Waals surface area contributed by atoms with Crippen molar-refractivity contribution in [2.75, 3.05) is 18.4 Å². The molecular weight excluding hydrogens is 318 g/mol. The van der Waals surface area contributed by atoms with Crippen LogP contribution in [0, 0.1) is 11.6 Å². The smallest absolute Gasteiger partial charge is 0.315 e. The van der Waals surface area contributed by atoms with Gasteiger partial charge in [-0.1, -0.05) is 6.07 Å². The van der Waals surface area contributed by atoms with E-state index in [0.717, 1.165) is 12.1 Å². The summed E-state index contributed by atoms with van der Waals surface area (Å²) in [5, 5.41) is 7.33. The molecule has 0 saturated carbocycles. The fourth-order valence-corrected chi connectivity index (χ4v) is 1.94. The van der Waals surface area contributed by atoms with Gasteiger partial charge in [0.25, 0.3) is 0 Å². The highest BCUT2D eigenvalue weighted by Crippen LogP contribution is 2.11. The SMILES string of the molecule is O=C(CNC(=O)NCCc1c(F)cccc1F)Nc1cccnc1. The molecule has 1 heterocycles. The van der Waals surface area contributed by atoms with Gasteiger partial charge in [0.15, 0.2) is 0 Å². The van der Waals surface area contributed by atoms with E-state index < -0.39 is 23.6 Å². The van der Waals surface area contributed by atoms with Gasteiger partial charge in [0.1, 0.15) is 11.6 Å². The summed E-state index contributed by atoms with van der Waals surface area (Å²) in [6.07, 6.45) is 3.05. The maximum atomic E-state index is 13.4. The number of hydrogen-bond donors (Lipinski definition) is 3. The maximum absolute atomic E-state index is 13.4. The molecule has 24 heavy (non-hydrogen) atoms. The fourth-order valence-electron chi connectivity index (χ4n) is 1.94. The van der Waals surface area contributed by atoms with Gasteiger partial charge >= 0.3 is 6.03 Å². The number of benzene rings is 1. The fraction of sp³-hybridized carbons (Fsp3) is 0.188. The third-order valence-electron chi connectivity index (χ3n) is 3.08. The third-order valence-corrected chi connectivity index (χ3v) is 3.08. The summed E-state index contributed by atoms with van der Waals surface area (Å²) in [6.45, 7) is -0.206. The van der Waals surface area contributed by atoms with Gasteiger partial charge in [-0.25, -0.2) is 13.6 Å². The van der Waals surface area contributed by atoms with Gasteiger partial charge in [-0.05, 0) is 30.7 Å². The number of nitrogens with zero attached hydrogens (tertiary/aromatic N) is 1. The average molecular weight is 334 g/mol. The molecule has 1 aromatic heterocycles.